The fraction of sp³-hybridized carbons (Fsp3) is 0.269. The Hall–Kier alpha value is -2.87. The summed E-state index contributed by atoms with van der Waals surface area (Å²) in [7, 11) is 0. The molecule has 2 aliphatic rings. The number of halogens is 2. The van der Waals surface area contributed by atoms with E-state index in [1.165, 1.54) is 0 Å². The molecule has 1 aromatic heterocycles. The van der Waals surface area contributed by atoms with Gasteiger partial charge >= 0.3 is 0 Å². The molecule has 4 nitrogen and oxygen atoms in total. The van der Waals surface area contributed by atoms with Crippen molar-refractivity contribution in [3.05, 3.63) is 81.5 Å². The van der Waals surface area contributed by atoms with E-state index in [1.807, 2.05) is 48.0 Å². The van der Waals surface area contributed by atoms with Gasteiger partial charge in [-0.05, 0) is 37.0 Å². The predicted octanol–water partition coefficient (Wildman–Crippen LogP) is 6.33. The number of aromatic nitrogens is 2. The van der Waals surface area contributed by atoms with Crippen LogP contribution in [0, 0.1) is 23.2 Å². The highest BCUT2D eigenvalue weighted by atomic mass is 35.5. The SMILES string of the molecule is C[C@H]1C(=O)C(C#N)=C[C@@]2(C)c3nn(-c4ccc(Cl)c(Cl)c4)c(-c4ccccc4)c3CC[C@H]12. The Balaban J connectivity index is 1.81. The average molecular weight is 462 g/mol. The molecule has 0 bridgehead atoms. The number of nitriles is 1. The zero-order valence-electron chi connectivity index (χ0n) is 17.8. The van der Waals surface area contributed by atoms with Gasteiger partial charge in [-0.2, -0.15) is 10.4 Å². The number of nitrogens with zero attached hydrogens (tertiary/aromatic N) is 3. The summed E-state index contributed by atoms with van der Waals surface area (Å²) in [6.45, 7) is 4.05. The Kier molecular flexibility index (Phi) is 5.00. The molecule has 32 heavy (non-hydrogen) atoms. The van der Waals surface area contributed by atoms with Gasteiger partial charge in [-0.3, -0.25) is 4.79 Å². The van der Waals surface area contributed by atoms with Crippen molar-refractivity contribution in [1.29, 1.82) is 5.26 Å². The zero-order valence-corrected chi connectivity index (χ0v) is 19.3. The summed E-state index contributed by atoms with van der Waals surface area (Å²) in [6, 6.07) is 17.8. The average Bonchev–Trinajstić information content (AvgIpc) is 3.20. The van der Waals surface area contributed by atoms with Gasteiger partial charge in [-0.1, -0.05) is 73.5 Å². The van der Waals surface area contributed by atoms with E-state index >= 15 is 0 Å². The lowest BCUT2D eigenvalue weighted by molar-refractivity contribution is -0.121. The van der Waals surface area contributed by atoms with Gasteiger partial charge < -0.3 is 0 Å². The summed E-state index contributed by atoms with van der Waals surface area (Å²) >= 11 is 12.5. The summed E-state index contributed by atoms with van der Waals surface area (Å²) in [5.41, 5.74) is 4.68. The van der Waals surface area contributed by atoms with Crippen LogP contribution in [0.15, 0.2) is 60.2 Å². The summed E-state index contributed by atoms with van der Waals surface area (Å²) in [5, 5.41) is 15.7. The van der Waals surface area contributed by atoms with Gasteiger partial charge in [0.2, 0.25) is 0 Å². The second-order valence-corrected chi connectivity index (χ2v) is 9.62. The fourth-order valence-electron chi connectivity index (χ4n) is 5.42. The number of carbonyl (C=O) groups excluding carboxylic acids is 1. The molecule has 160 valence electrons. The quantitative estimate of drug-likeness (QED) is 0.447. The molecule has 0 amide bonds. The Morgan fingerprint density at radius 1 is 1.16 bits per heavy atom. The van der Waals surface area contributed by atoms with Gasteiger partial charge in [0.25, 0.3) is 0 Å². The van der Waals surface area contributed by atoms with Crippen LogP contribution in [0.3, 0.4) is 0 Å². The standard InChI is InChI=1S/C26H21Cl2N3O/c1-15-20-10-9-19-23(16-6-4-3-5-7-16)31(18-8-11-21(27)22(28)12-18)30-25(19)26(20,2)13-17(14-29)24(15)32/h3-8,11-13,15,20H,9-10H2,1-2H3/t15-,20-,26-/m1/s1. The van der Waals surface area contributed by atoms with E-state index in [4.69, 9.17) is 28.3 Å². The third-order valence-corrected chi connectivity index (χ3v) is 7.75. The molecule has 0 unspecified atom stereocenters. The number of Topliss-reactive ketones (excluding diaryl/α,β-unsaturated/α-hetero) is 1. The molecule has 0 fully saturated rings. The first kappa shape index (κ1) is 21.0. The molecule has 5 rings (SSSR count). The number of rotatable bonds is 2. The molecule has 2 aromatic carbocycles. The van der Waals surface area contributed by atoms with Crippen LogP contribution < -0.4 is 0 Å². The van der Waals surface area contributed by atoms with Crippen LogP contribution in [0.1, 0.15) is 31.5 Å². The van der Waals surface area contributed by atoms with Gasteiger partial charge in [0, 0.05) is 22.5 Å². The number of carbonyl (C=O) groups is 1. The van der Waals surface area contributed by atoms with Crippen LogP contribution in [-0.4, -0.2) is 15.6 Å². The van der Waals surface area contributed by atoms with Crippen LogP contribution in [-0.2, 0) is 16.6 Å². The lowest BCUT2D eigenvalue weighted by Gasteiger charge is -2.44. The van der Waals surface area contributed by atoms with E-state index in [9.17, 15) is 10.1 Å². The Bertz CT molecular complexity index is 1320. The molecule has 6 heteroatoms. The molecule has 1 heterocycles. The maximum absolute atomic E-state index is 12.7. The van der Waals surface area contributed by atoms with Crippen LogP contribution in [0.2, 0.25) is 10.0 Å². The van der Waals surface area contributed by atoms with Crippen molar-refractivity contribution in [2.45, 2.75) is 32.1 Å². The number of fused-ring (bicyclic) bond motifs is 3. The van der Waals surface area contributed by atoms with Gasteiger partial charge in [-0.25, -0.2) is 4.68 Å². The second kappa shape index (κ2) is 7.62. The Morgan fingerprint density at radius 2 is 1.91 bits per heavy atom. The van der Waals surface area contributed by atoms with Crippen LogP contribution in [0.5, 0.6) is 0 Å². The molecule has 0 radical (unpaired) electrons. The minimum absolute atomic E-state index is 0.0642. The fourth-order valence-corrected chi connectivity index (χ4v) is 5.71. The van der Waals surface area contributed by atoms with Crippen LogP contribution in [0.25, 0.3) is 16.9 Å². The summed E-state index contributed by atoms with van der Waals surface area (Å²) in [6.07, 6.45) is 3.52. The van der Waals surface area contributed by atoms with Gasteiger partial charge in [0.15, 0.2) is 5.78 Å². The topological polar surface area (TPSA) is 58.7 Å². The molecular formula is C26H21Cl2N3O. The number of allylic oxidation sites excluding steroid dienone is 2. The van der Waals surface area contributed by atoms with Crippen molar-refractivity contribution in [3.63, 3.8) is 0 Å². The molecular weight excluding hydrogens is 441 g/mol. The largest absolute Gasteiger partial charge is 0.293 e. The van der Waals surface area contributed by atoms with Crippen molar-refractivity contribution >= 4 is 29.0 Å². The maximum atomic E-state index is 12.7. The molecule has 0 N–H and O–H groups in total. The van der Waals surface area contributed by atoms with E-state index < -0.39 is 5.41 Å². The van der Waals surface area contributed by atoms with Crippen molar-refractivity contribution in [2.75, 3.05) is 0 Å². The number of ketones is 1. The van der Waals surface area contributed by atoms with Crippen molar-refractivity contribution in [2.24, 2.45) is 11.8 Å². The third-order valence-electron chi connectivity index (χ3n) is 7.01. The van der Waals surface area contributed by atoms with Crippen LogP contribution in [0.4, 0.5) is 0 Å². The molecule has 2 aliphatic carbocycles. The number of hydrogen-bond donors (Lipinski definition) is 0. The molecule has 3 aromatic rings. The molecule has 0 saturated carbocycles. The minimum Gasteiger partial charge on any atom is -0.293 e. The molecule has 0 spiro atoms. The van der Waals surface area contributed by atoms with E-state index in [0.29, 0.717) is 10.0 Å². The van der Waals surface area contributed by atoms with Crippen molar-refractivity contribution < 1.29 is 4.79 Å². The molecule has 0 saturated heterocycles. The van der Waals surface area contributed by atoms with E-state index in [-0.39, 0.29) is 23.2 Å². The monoisotopic (exact) mass is 461 g/mol. The first-order valence-corrected chi connectivity index (χ1v) is 11.4. The summed E-state index contributed by atoms with van der Waals surface area (Å²) < 4.78 is 1.93. The highest BCUT2D eigenvalue weighted by molar-refractivity contribution is 6.42. The smallest absolute Gasteiger partial charge is 0.176 e. The van der Waals surface area contributed by atoms with Crippen molar-refractivity contribution in [3.8, 4) is 23.0 Å². The van der Waals surface area contributed by atoms with Crippen molar-refractivity contribution in [1.82, 2.24) is 9.78 Å². The van der Waals surface area contributed by atoms with Gasteiger partial charge in [0.05, 0.1) is 32.7 Å². The van der Waals surface area contributed by atoms with Gasteiger partial charge in [0.1, 0.15) is 6.07 Å². The van der Waals surface area contributed by atoms with E-state index in [0.717, 1.165) is 41.0 Å². The molecule has 0 aliphatic heterocycles. The van der Waals surface area contributed by atoms with E-state index in [1.54, 1.807) is 6.07 Å². The third kappa shape index (κ3) is 3.03. The minimum atomic E-state index is -0.503. The Morgan fingerprint density at radius 3 is 2.59 bits per heavy atom. The van der Waals surface area contributed by atoms with Gasteiger partial charge in [-0.15, -0.1) is 0 Å². The normalized spacial score (nSPS) is 24.3. The Labute approximate surface area is 197 Å². The van der Waals surface area contributed by atoms with Crippen LogP contribution >= 0.6 is 23.2 Å². The highest BCUT2D eigenvalue weighted by Gasteiger charge is 2.50. The lowest BCUT2D eigenvalue weighted by atomic mass is 9.58. The summed E-state index contributed by atoms with van der Waals surface area (Å²) in [5.74, 6) is -0.186. The first-order chi connectivity index (χ1) is 15.3. The number of hydrogen-bond acceptors (Lipinski definition) is 3. The zero-order chi connectivity index (χ0) is 22.6. The lowest BCUT2D eigenvalue weighted by Crippen LogP contribution is -2.45. The first-order valence-electron chi connectivity index (χ1n) is 10.7. The summed E-state index contributed by atoms with van der Waals surface area (Å²) in [4.78, 5) is 12.7. The highest BCUT2D eigenvalue weighted by Crippen LogP contribution is 2.51. The molecule has 3 atom stereocenters. The maximum Gasteiger partial charge on any atom is 0.176 e. The predicted molar refractivity (Wildman–Crippen MR) is 126 cm³/mol. The second-order valence-electron chi connectivity index (χ2n) is 8.80. The van der Waals surface area contributed by atoms with E-state index in [2.05, 4.69) is 25.1 Å². The number of benzene rings is 2.